The van der Waals surface area contributed by atoms with Crippen molar-refractivity contribution >= 4 is 18.7 Å². The van der Waals surface area contributed by atoms with Gasteiger partial charge in [0.1, 0.15) is 11.7 Å². The topological polar surface area (TPSA) is 36.9 Å². The van der Waals surface area contributed by atoms with Gasteiger partial charge in [-0.1, -0.05) is 81.4 Å². The molecule has 31 heavy (non-hydrogen) atoms. The summed E-state index contributed by atoms with van der Waals surface area (Å²) in [5.41, 5.74) is -0.340. The maximum atomic E-state index is 7.14. The monoisotopic (exact) mass is 440 g/mol. The predicted octanol–water partition coefficient (Wildman–Crippen LogP) is 4.26. The van der Waals surface area contributed by atoms with E-state index in [1.165, 1.54) is 10.4 Å². The van der Waals surface area contributed by atoms with Crippen LogP contribution in [-0.2, 0) is 18.6 Å². The highest BCUT2D eigenvalue weighted by atomic mass is 28.4. The Kier molecular flexibility index (Phi) is 6.18. The van der Waals surface area contributed by atoms with E-state index in [-0.39, 0.29) is 16.7 Å². The molecular formula is C26H36O4Si. The Bertz CT molecular complexity index is 822. The van der Waals surface area contributed by atoms with Gasteiger partial charge in [0.05, 0.1) is 19.8 Å². The van der Waals surface area contributed by atoms with Crippen LogP contribution in [0.15, 0.2) is 60.7 Å². The Morgan fingerprint density at radius 1 is 0.903 bits per heavy atom. The molecule has 2 atom stereocenters. The third kappa shape index (κ3) is 4.26. The van der Waals surface area contributed by atoms with E-state index in [1.807, 2.05) is 13.8 Å². The van der Waals surface area contributed by atoms with Crippen molar-refractivity contribution in [1.82, 2.24) is 0 Å². The molecule has 2 fully saturated rings. The largest absolute Gasteiger partial charge is 0.405 e. The summed E-state index contributed by atoms with van der Waals surface area (Å²) in [6.07, 6.45) is 1.62. The molecule has 2 saturated heterocycles. The number of ether oxygens (including phenoxy) is 3. The molecule has 5 heteroatoms. The molecule has 2 aromatic carbocycles. The number of hydrogen-bond donors (Lipinski definition) is 0. The molecule has 4 nitrogen and oxygen atoms in total. The molecule has 2 aliphatic heterocycles. The quantitative estimate of drug-likeness (QED) is 0.651. The van der Waals surface area contributed by atoms with Gasteiger partial charge in [0, 0.05) is 12.8 Å². The van der Waals surface area contributed by atoms with Crippen LogP contribution in [-0.4, -0.2) is 45.6 Å². The third-order valence-electron chi connectivity index (χ3n) is 6.72. The Labute approximate surface area is 188 Å². The van der Waals surface area contributed by atoms with E-state index in [0.29, 0.717) is 19.8 Å². The minimum absolute atomic E-state index is 0.0583. The van der Waals surface area contributed by atoms with E-state index in [1.54, 1.807) is 0 Å². The highest BCUT2D eigenvalue weighted by molar-refractivity contribution is 6.99. The first kappa shape index (κ1) is 22.7. The van der Waals surface area contributed by atoms with Gasteiger partial charge in [-0.3, -0.25) is 0 Å². The van der Waals surface area contributed by atoms with Gasteiger partial charge in [-0.15, -0.1) is 0 Å². The lowest BCUT2D eigenvalue weighted by Gasteiger charge is -2.47. The number of hydrogen-bond acceptors (Lipinski definition) is 4. The zero-order valence-electron chi connectivity index (χ0n) is 19.5. The summed E-state index contributed by atoms with van der Waals surface area (Å²) in [5, 5.41) is 2.51. The van der Waals surface area contributed by atoms with Gasteiger partial charge < -0.3 is 18.6 Å². The SMILES string of the molecule is CC1(C)OCC[C@]2(CCO[C@@H]2CO[Si](c2ccccc2)(c2ccccc2)C(C)(C)C)O1. The van der Waals surface area contributed by atoms with Crippen LogP contribution in [0.5, 0.6) is 0 Å². The zero-order chi connectivity index (χ0) is 22.2. The van der Waals surface area contributed by atoms with Crippen LogP contribution in [0.25, 0.3) is 0 Å². The van der Waals surface area contributed by atoms with Crippen LogP contribution >= 0.6 is 0 Å². The van der Waals surface area contributed by atoms with Crippen molar-refractivity contribution in [2.45, 2.75) is 70.0 Å². The van der Waals surface area contributed by atoms with Crippen LogP contribution in [0.3, 0.4) is 0 Å². The summed E-state index contributed by atoms with van der Waals surface area (Å²) in [6, 6.07) is 21.5. The second-order valence-corrected chi connectivity index (χ2v) is 14.6. The number of rotatable bonds is 5. The third-order valence-corrected chi connectivity index (χ3v) is 11.7. The summed E-state index contributed by atoms with van der Waals surface area (Å²) < 4.78 is 25.7. The molecule has 168 valence electrons. The van der Waals surface area contributed by atoms with E-state index in [9.17, 15) is 0 Å². The first-order chi connectivity index (χ1) is 14.7. The summed E-state index contributed by atoms with van der Waals surface area (Å²) >= 11 is 0. The molecule has 2 heterocycles. The average Bonchev–Trinajstić information content (AvgIpc) is 3.09. The molecule has 0 aliphatic carbocycles. The van der Waals surface area contributed by atoms with Gasteiger partial charge in [0.15, 0.2) is 5.79 Å². The molecule has 0 radical (unpaired) electrons. The lowest BCUT2D eigenvalue weighted by Crippen LogP contribution is -2.67. The van der Waals surface area contributed by atoms with Crippen molar-refractivity contribution in [2.24, 2.45) is 0 Å². The molecule has 0 unspecified atom stereocenters. The van der Waals surface area contributed by atoms with Crippen molar-refractivity contribution in [3.63, 3.8) is 0 Å². The molecule has 2 aromatic rings. The maximum Gasteiger partial charge on any atom is 0.261 e. The lowest BCUT2D eigenvalue weighted by atomic mass is 9.90. The van der Waals surface area contributed by atoms with Crippen molar-refractivity contribution in [2.75, 3.05) is 19.8 Å². The normalized spacial score (nSPS) is 26.3. The summed E-state index contributed by atoms with van der Waals surface area (Å²) in [4.78, 5) is 0. The maximum absolute atomic E-state index is 7.14. The van der Waals surface area contributed by atoms with Crippen LogP contribution in [0.4, 0.5) is 0 Å². The van der Waals surface area contributed by atoms with Gasteiger partial charge in [-0.05, 0) is 29.3 Å². The zero-order valence-corrected chi connectivity index (χ0v) is 20.5. The highest BCUT2D eigenvalue weighted by Crippen LogP contribution is 2.42. The van der Waals surface area contributed by atoms with Crippen molar-refractivity contribution in [3.05, 3.63) is 60.7 Å². The Balaban J connectivity index is 1.71. The molecule has 0 saturated carbocycles. The van der Waals surface area contributed by atoms with E-state index in [2.05, 4.69) is 81.4 Å². The molecule has 0 N–H and O–H groups in total. The van der Waals surface area contributed by atoms with E-state index in [4.69, 9.17) is 18.6 Å². The second kappa shape index (κ2) is 8.45. The van der Waals surface area contributed by atoms with E-state index in [0.717, 1.165) is 12.8 Å². The summed E-state index contributed by atoms with van der Waals surface area (Å²) in [7, 11) is -2.60. The van der Waals surface area contributed by atoms with Crippen LogP contribution in [0.1, 0.15) is 47.5 Å². The molecular weight excluding hydrogens is 404 g/mol. The van der Waals surface area contributed by atoms with Crippen molar-refractivity contribution in [1.29, 1.82) is 0 Å². The standard InChI is InChI=1S/C26H36O4Si/c1-24(2,3)31(21-12-8-6-9-13-21,22-14-10-7-11-15-22)29-20-23-26(16-18-27-23)17-19-28-25(4,5)30-26/h6-15,23H,16-20H2,1-5H3/t23-,26+/m1/s1. The molecule has 0 aromatic heterocycles. The Morgan fingerprint density at radius 2 is 1.45 bits per heavy atom. The fourth-order valence-corrected chi connectivity index (χ4v) is 9.85. The molecule has 0 bridgehead atoms. The summed E-state index contributed by atoms with van der Waals surface area (Å²) in [6.45, 7) is 12.8. The first-order valence-electron chi connectivity index (χ1n) is 11.4. The second-order valence-electron chi connectivity index (χ2n) is 10.2. The lowest BCUT2D eigenvalue weighted by molar-refractivity contribution is -0.320. The van der Waals surface area contributed by atoms with Crippen LogP contribution in [0.2, 0.25) is 5.04 Å². The van der Waals surface area contributed by atoms with Crippen LogP contribution < -0.4 is 10.4 Å². The minimum atomic E-state index is -2.60. The first-order valence-corrected chi connectivity index (χ1v) is 13.3. The van der Waals surface area contributed by atoms with Crippen LogP contribution in [0, 0.1) is 0 Å². The highest BCUT2D eigenvalue weighted by Gasteiger charge is 2.54. The minimum Gasteiger partial charge on any atom is -0.405 e. The molecule has 4 rings (SSSR count). The van der Waals surface area contributed by atoms with Crippen molar-refractivity contribution in [3.8, 4) is 0 Å². The Hall–Kier alpha value is -1.50. The smallest absolute Gasteiger partial charge is 0.261 e. The number of benzene rings is 2. The van der Waals surface area contributed by atoms with E-state index >= 15 is 0 Å². The average molecular weight is 441 g/mol. The Morgan fingerprint density at radius 3 is 1.97 bits per heavy atom. The summed E-state index contributed by atoms with van der Waals surface area (Å²) in [5.74, 6) is -0.596. The van der Waals surface area contributed by atoms with Crippen molar-refractivity contribution < 1.29 is 18.6 Å². The van der Waals surface area contributed by atoms with Gasteiger partial charge in [-0.25, -0.2) is 0 Å². The fraction of sp³-hybridized carbons (Fsp3) is 0.538. The van der Waals surface area contributed by atoms with Gasteiger partial charge in [0.25, 0.3) is 8.32 Å². The fourth-order valence-electron chi connectivity index (χ4n) is 5.29. The van der Waals surface area contributed by atoms with Gasteiger partial charge in [-0.2, -0.15) is 0 Å². The molecule has 2 aliphatic rings. The molecule has 1 spiro atoms. The predicted molar refractivity (Wildman–Crippen MR) is 126 cm³/mol. The van der Waals surface area contributed by atoms with E-state index < -0.39 is 14.1 Å². The molecule has 0 amide bonds. The van der Waals surface area contributed by atoms with Gasteiger partial charge in [0.2, 0.25) is 0 Å². The van der Waals surface area contributed by atoms with Gasteiger partial charge >= 0.3 is 0 Å².